The minimum absolute atomic E-state index is 0.232. The van der Waals surface area contributed by atoms with Crippen LogP contribution in [-0.4, -0.2) is 63.1 Å². The van der Waals surface area contributed by atoms with Gasteiger partial charge in [0.2, 0.25) is 11.9 Å². The van der Waals surface area contributed by atoms with Crippen LogP contribution in [0.2, 0.25) is 0 Å². The van der Waals surface area contributed by atoms with Gasteiger partial charge in [-0.25, -0.2) is 0 Å². The predicted octanol–water partition coefficient (Wildman–Crippen LogP) is 1.88. The number of carbonyl (C=O) groups is 1. The van der Waals surface area contributed by atoms with Crippen molar-refractivity contribution in [3.8, 4) is 0 Å². The van der Waals surface area contributed by atoms with Gasteiger partial charge < -0.3 is 15.5 Å². The lowest BCUT2D eigenvalue weighted by Gasteiger charge is -2.36. The van der Waals surface area contributed by atoms with Gasteiger partial charge in [0.15, 0.2) is 0 Å². The number of nitrogens with zero attached hydrogens (tertiary/aromatic N) is 4. The Bertz CT molecular complexity index is 776. The molecule has 3 N–H and O–H groups in total. The molecule has 7 nitrogen and oxygen atoms in total. The van der Waals surface area contributed by atoms with Gasteiger partial charge in [-0.2, -0.15) is 4.98 Å². The molecule has 3 aliphatic rings. The third kappa shape index (κ3) is 4.70. The van der Waals surface area contributed by atoms with E-state index >= 15 is 0 Å². The fourth-order valence-electron chi connectivity index (χ4n) is 4.61. The quantitative estimate of drug-likeness (QED) is 0.763. The first-order valence-corrected chi connectivity index (χ1v) is 10.4. The summed E-state index contributed by atoms with van der Waals surface area (Å²) in [6, 6.07) is 11.0. The van der Waals surface area contributed by atoms with Crippen LogP contribution in [0.15, 0.2) is 30.3 Å². The molecule has 1 aromatic carbocycles. The molecule has 0 spiro atoms. The molecule has 7 heteroatoms. The highest BCUT2D eigenvalue weighted by Crippen LogP contribution is 2.28. The number of rotatable bonds is 7. The molecule has 5 rings (SSSR count). The number of hydrogen-bond acceptors (Lipinski definition) is 5. The molecular weight excluding hydrogens is 352 g/mol. The number of nitrogens with one attached hydrogen (secondary N) is 1. The maximum Gasteiger partial charge on any atom is 0.239 e. The number of fused-ring (bicyclic) bond motifs is 4. The molecule has 1 aromatic heterocycles. The van der Waals surface area contributed by atoms with E-state index in [0.717, 1.165) is 39.0 Å². The largest absolute Gasteiger partial charge is 0.367 e. The SMILES string of the molecule is Nc1n[nH]c(CCC(=O)N2C[C@H]3CC[C@@H]2CN(CCCc2ccccc2)C3)n1. The average molecular weight is 383 g/mol. The van der Waals surface area contributed by atoms with E-state index in [-0.39, 0.29) is 11.9 Å². The average Bonchev–Trinajstić information content (AvgIpc) is 2.93. The van der Waals surface area contributed by atoms with Crippen LogP contribution in [0.5, 0.6) is 0 Å². The van der Waals surface area contributed by atoms with E-state index in [9.17, 15) is 4.79 Å². The van der Waals surface area contributed by atoms with Crippen LogP contribution in [0.4, 0.5) is 5.95 Å². The van der Waals surface area contributed by atoms with Gasteiger partial charge in [-0.15, -0.1) is 5.10 Å². The van der Waals surface area contributed by atoms with Crippen molar-refractivity contribution in [2.45, 2.75) is 44.6 Å². The lowest BCUT2D eigenvalue weighted by atomic mass is 9.94. The van der Waals surface area contributed by atoms with Crippen molar-refractivity contribution >= 4 is 11.9 Å². The number of H-pyrrole nitrogens is 1. The maximum absolute atomic E-state index is 12.8. The van der Waals surface area contributed by atoms with Gasteiger partial charge in [-0.3, -0.25) is 9.89 Å². The summed E-state index contributed by atoms with van der Waals surface area (Å²) < 4.78 is 0. The number of hydrogen-bond donors (Lipinski definition) is 2. The van der Waals surface area contributed by atoms with Crippen molar-refractivity contribution in [3.63, 3.8) is 0 Å². The Labute approximate surface area is 166 Å². The fraction of sp³-hybridized carbons (Fsp3) is 0.571. The molecule has 3 fully saturated rings. The number of anilines is 1. The topological polar surface area (TPSA) is 91.1 Å². The monoisotopic (exact) mass is 382 g/mol. The summed E-state index contributed by atoms with van der Waals surface area (Å²) in [6.07, 6.45) is 5.69. The van der Waals surface area contributed by atoms with Crippen LogP contribution >= 0.6 is 0 Å². The minimum atomic E-state index is 0.232. The van der Waals surface area contributed by atoms with Crippen molar-refractivity contribution in [2.75, 3.05) is 31.9 Å². The number of carbonyl (C=O) groups excluding carboxylic acids is 1. The molecule has 0 saturated carbocycles. The summed E-state index contributed by atoms with van der Waals surface area (Å²) in [7, 11) is 0. The zero-order valence-electron chi connectivity index (χ0n) is 16.4. The Kier molecular flexibility index (Phi) is 5.90. The zero-order chi connectivity index (χ0) is 19.3. The Morgan fingerprint density at radius 1 is 1.14 bits per heavy atom. The van der Waals surface area contributed by atoms with E-state index in [0.29, 0.717) is 30.6 Å². The summed E-state index contributed by atoms with van der Waals surface area (Å²) in [5.74, 6) is 1.76. The second-order valence-electron chi connectivity index (χ2n) is 8.13. The first kappa shape index (κ1) is 18.9. The number of amides is 1. The molecule has 150 valence electrons. The van der Waals surface area contributed by atoms with Crippen LogP contribution in [0, 0.1) is 5.92 Å². The molecule has 0 unspecified atom stereocenters. The normalized spacial score (nSPS) is 22.4. The number of nitrogens with two attached hydrogens (primary N) is 1. The van der Waals surface area contributed by atoms with Crippen LogP contribution in [-0.2, 0) is 17.6 Å². The van der Waals surface area contributed by atoms with Crippen molar-refractivity contribution < 1.29 is 4.79 Å². The predicted molar refractivity (Wildman–Crippen MR) is 109 cm³/mol. The molecule has 2 bridgehead atoms. The third-order valence-electron chi connectivity index (χ3n) is 6.02. The Morgan fingerprint density at radius 2 is 2.00 bits per heavy atom. The van der Waals surface area contributed by atoms with Crippen molar-refractivity contribution in [3.05, 3.63) is 41.7 Å². The highest BCUT2D eigenvalue weighted by atomic mass is 16.2. The summed E-state index contributed by atoms with van der Waals surface area (Å²) in [4.78, 5) is 21.6. The molecule has 2 atom stereocenters. The zero-order valence-corrected chi connectivity index (χ0v) is 16.4. The lowest BCUT2D eigenvalue weighted by molar-refractivity contribution is -0.135. The first-order valence-electron chi connectivity index (χ1n) is 10.4. The highest BCUT2D eigenvalue weighted by molar-refractivity contribution is 5.77. The van der Waals surface area contributed by atoms with E-state index in [1.54, 1.807) is 0 Å². The van der Waals surface area contributed by atoms with Gasteiger partial charge in [0, 0.05) is 38.5 Å². The summed E-state index contributed by atoms with van der Waals surface area (Å²) in [5, 5.41) is 6.62. The van der Waals surface area contributed by atoms with Crippen molar-refractivity contribution in [1.29, 1.82) is 0 Å². The van der Waals surface area contributed by atoms with Crippen molar-refractivity contribution in [2.24, 2.45) is 5.92 Å². The molecule has 1 amide bonds. The van der Waals surface area contributed by atoms with Gasteiger partial charge in [0.25, 0.3) is 0 Å². The van der Waals surface area contributed by atoms with Crippen LogP contribution in [0.1, 0.15) is 37.1 Å². The van der Waals surface area contributed by atoms with E-state index in [4.69, 9.17) is 5.73 Å². The molecule has 4 heterocycles. The molecule has 0 radical (unpaired) electrons. The highest BCUT2D eigenvalue weighted by Gasteiger charge is 2.36. The van der Waals surface area contributed by atoms with Gasteiger partial charge in [-0.1, -0.05) is 30.3 Å². The molecule has 0 aliphatic carbocycles. The third-order valence-corrected chi connectivity index (χ3v) is 6.02. The van der Waals surface area contributed by atoms with Gasteiger partial charge in [-0.05, 0) is 43.7 Å². The second-order valence-corrected chi connectivity index (χ2v) is 8.13. The number of aryl methyl sites for hydroxylation is 2. The van der Waals surface area contributed by atoms with E-state index in [1.807, 2.05) is 0 Å². The van der Waals surface area contributed by atoms with E-state index in [2.05, 4.69) is 55.3 Å². The van der Waals surface area contributed by atoms with Gasteiger partial charge in [0.1, 0.15) is 5.82 Å². The molecule has 3 aliphatic heterocycles. The summed E-state index contributed by atoms with van der Waals surface area (Å²) in [5.41, 5.74) is 6.94. The fourth-order valence-corrected chi connectivity index (χ4v) is 4.61. The number of piperidine rings is 1. The molecule has 2 aromatic rings. The Balaban J connectivity index is 1.28. The van der Waals surface area contributed by atoms with Crippen LogP contribution < -0.4 is 5.73 Å². The molecule has 28 heavy (non-hydrogen) atoms. The number of nitrogen functional groups attached to an aromatic ring is 1. The van der Waals surface area contributed by atoms with Crippen LogP contribution in [0.25, 0.3) is 0 Å². The van der Waals surface area contributed by atoms with Crippen LogP contribution in [0.3, 0.4) is 0 Å². The molecular formula is C21H30N6O. The number of aromatic nitrogens is 3. The maximum atomic E-state index is 12.8. The van der Waals surface area contributed by atoms with Crippen molar-refractivity contribution in [1.82, 2.24) is 25.0 Å². The van der Waals surface area contributed by atoms with Gasteiger partial charge in [0.05, 0.1) is 0 Å². The van der Waals surface area contributed by atoms with Gasteiger partial charge >= 0.3 is 0 Å². The first-order chi connectivity index (χ1) is 13.7. The lowest BCUT2D eigenvalue weighted by Crippen LogP contribution is -2.47. The summed E-state index contributed by atoms with van der Waals surface area (Å²) >= 11 is 0. The number of benzene rings is 1. The summed E-state index contributed by atoms with van der Waals surface area (Å²) in [6.45, 7) is 4.14. The standard InChI is InChI=1S/C21H30N6O/c22-21-23-19(24-25-21)10-11-20(28)27-14-17-8-9-18(27)15-26(13-17)12-4-7-16-5-2-1-3-6-16/h1-3,5-6,17-18H,4,7-15H2,(H3,22,23,24,25)/t17-,18+/m0/s1. The number of aromatic amines is 1. The molecule has 3 saturated heterocycles. The van der Waals surface area contributed by atoms with E-state index < -0.39 is 0 Å². The Hall–Kier alpha value is -2.41. The second kappa shape index (κ2) is 8.73. The smallest absolute Gasteiger partial charge is 0.239 e. The Morgan fingerprint density at radius 3 is 2.79 bits per heavy atom. The minimum Gasteiger partial charge on any atom is -0.367 e. The van der Waals surface area contributed by atoms with E-state index in [1.165, 1.54) is 18.4 Å².